The third-order valence-corrected chi connectivity index (χ3v) is 6.24. The van der Waals surface area contributed by atoms with Gasteiger partial charge in [0.1, 0.15) is 11.4 Å². The molecule has 0 bridgehead atoms. The van der Waals surface area contributed by atoms with Crippen molar-refractivity contribution < 1.29 is 4.79 Å². The van der Waals surface area contributed by atoms with Crippen LogP contribution >= 0.6 is 0 Å². The fourth-order valence-electron chi connectivity index (χ4n) is 4.32. The van der Waals surface area contributed by atoms with Crippen molar-refractivity contribution in [1.82, 2.24) is 0 Å². The molecule has 28 heavy (non-hydrogen) atoms. The number of anilines is 3. The van der Waals surface area contributed by atoms with Gasteiger partial charge in [-0.1, -0.05) is 6.07 Å². The van der Waals surface area contributed by atoms with Gasteiger partial charge in [0.2, 0.25) is 5.91 Å². The fourth-order valence-corrected chi connectivity index (χ4v) is 4.32. The van der Waals surface area contributed by atoms with E-state index in [2.05, 4.69) is 10.2 Å². The Balaban J connectivity index is 1.39. The summed E-state index contributed by atoms with van der Waals surface area (Å²) in [7, 11) is 0. The number of benzene rings is 1. The van der Waals surface area contributed by atoms with E-state index in [0.29, 0.717) is 37.3 Å². The van der Waals surface area contributed by atoms with Crippen LogP contribution in [-0.4, -0.2) is 32.1 Å². The summed E-state index contributed by atoms with van der Waals surface area (Å²) in [6.07, 6.45) is 3.52. The quantitative estimate of drug-likeness (QED) is 0.824. The van der Waals surface area contributed by atoms with Crippen molar-refractivity contribution in [1.29, 1.82) is 0 Å². The summed E-state index contributed by atoms with van der Waals surface area (Å²) in [5, 5.41) is 3.02. The van der Waals surface area contributed by atoms with Gasteiger partial charge in [-0.15, -0.1) is 0 Å². The highest BCUT2D eigenvalue weighted by atomic mass is 16.2. The highest BCUT2D eigenvalue weighted by Gasteiger charge is 2.34. The highest BCUT2D eigenvalue weighted by molar-refractivity contribution is 5.93. The standard InChI is InChI=1S/C22H27N3O3/c1-14-5-6-17(13-15(14)2)23-22(28)16-7-11-25(12-8-16)19-18(20(26)21(19)27)24-9-3-4-10-24/h5-6,13,16H,3-4,7-12H2,1-2H3,(H,23,28). The fraction of sp³-hybridized carbons (Fsp3) is 0.500. The van der Waals surface area contributed by atoms with Crippen LogP contribution in [0, 0.1) is 19.8 Å². The van der Waals surface area contributed by atoms with Gasteiger partial charge < -0.3 is 15.1 Å². The van der Waals surface area contributed by atoms with E-state index >= 15 is 0 Å². The van der Waals surface area contributed by atoms with Gasteiger partial charge >= 0.3 is 0 Å². The number of piperidine rings is 1. The van der Waals surface area contributed by atoms with Crippen LogP contribution in [0.5, 0.6) is 0 Å². The van der Waals surface area contributed by atoms with E-state index in [1.807, 2.05) is 36.9 Å². The van der Waals surface area contributed by atoms with Gasteiger partial charge in [-0.25, -0.2) is 0 Å². The summed E-state index contributed by atoms with van der Waals surface area (Å²) in [5.41, 5.74) is 3.68. The maximum atomic E-state index is 12.6. The third kappa shape index (κ3) is 3.32. The lowest BCUT2D eigenvalue weighted by atomic mass is 9.94. The first kappa shape index (κ1) is 18.7. The lowest BCUT2D eigenvalue weighted by Gasteiger charge is -2.36. The molecule has 1 N–H and O–H groups in total. The van der Waals surface area contributed by atoms with E-state index in [1.165, 1.54) is 5.56 Å². The molecule has 0 aliphatic carbocycles. The van der Waals surface area contributed by atoms with Gasteiger partial charge in [-0.3, -0.25) is 14.4 Å². The smallest absolute Gasteiger partial charge is 0.253 e. The number of nitrogens with zero attached hydrogens (tertiary/aromatic N) is 2. The number of amides is 1. The largest absolute Gasteiger partial charge is 0.366 e. The molecular weight excluding hydrogens is 354 g/mol. The molecule has 2 aliphatic rings. The summed E-state index contributed by atoms with van der Waals surface area (Å²) >= 11 is 0. The number of rotatable bonds is 4. The average molecular weight is 381 g/mol. The Labute approximate surface area is 164 Å². The van der Waals surface area contributed by atoms with Gasteiger partial charge in [0, 0.05) is 37.8 Å². The molecule has 0 radical (unpaired) electrons. The molecule has 0 spiro atoms. The van der Waals surface area contributed by atoms with Crippen LogP contribution < -0.4 is 26.0 Å². The van der Waals surface area contributed by atoms with E-state index in [1.54, 1.807) is 0 Å². The highest BCUT2D eigenvalue weighted by Crippen LogP contribution is 2.31. The molecule has 0 atom stereocenters. The molecule has 2 heterocycles. The first-order chi connectivity index (χ1) is 13.5. The van der Waals surface area contributed by atoms with Gasteiger partial charge in [0.25, 0.3) is 10.9 Å². The van der Waals surface area contributed by atoms with Gasteiger partial charge in [-0.2, -0.15) is 0 Å². The van der Waals surface area contributed by atoms with E-state index < -0.39 is 0 Å². The number of hydrogen-bond donors (Lipinski definition) is 1. The predicted molar refractivity (Wildman–Crippen MR) is 112 cm³/mol. The second-order valence-corrected chi connectivity index (χ2v) is 8.10. The van der Waals surface area contributed by atoms with E-state index in [-0.39, 0.29) is 22.7 Å². The average Bonchev–Trinajstić information content (AvgIpc) is 3.22. The van der Waals surface area contributed by atoms with Crippen molar-refractivity contribution in [3.63, 3.8) is 0 Å². The number of carbonyl (C=O) groups is 1. The van der Waals surface area contributed by atoms with Gasteiger partial charge in [0.15, 0.2) is 0 Å². The normalized spacial score (nSPS) is 18.1. The van der Waals surface area contributed by atoms with E-state index in [0.717, 1.165) is 37.2 Å². The Morgan fingerprint density at radius 2 is 1.46 bits per heavy atom. The molecule has 4 rings (SSSR count). The first-order valence-electron chi connectivity index (χ1n) is 10.2. The van der Waals surface area contributed by atoms with Crippen molar-refractivity contribution in [2.45, 2.75) is 39.5 Å². The SMILES string of the molecule is Cc1ccc(NC(=O)C2CCN(c3c(N4CCCC4)c(=O)c3=O)CC2)cc1C. The molecule has 2 aromatic carbocycles. The molecule has 0 saturated carbocycles. The second-order valence-electron chi connectivity index (χ2n) is 8.10. The maximum Gasteiger partial charge on any atom is 0.253 e. The summed E-state index contributed by atoms with van der Waals surface area (Å²) in [5.74, 6) is -0.0350. The predicted octanol–water partition coefficient (Wildman–Crippen LogP) is 2.35. The van der Waals surface area contributed by atoms with E-state index in [9.17, 15) is 14.4 Å². The Bertz CT molecular complexity index is 960. The monoisotopic (exact) mass is 381 g/mol. The molecule has 1 amide bonds. The van der Waals surface area contributed by atoms with Crippen LogP contribution in [0.4, 0.5) is 17.1 Å². The minimum Gasteiger partial charge on any atom is -0.366 e. The molecule has 6 nitrogen and oxygen atoms in total. The Morgan fingerprint density at radius 1 is 0.893 bits per heavy atom. The maximum absolute atomic E-state index is 12.6. The van der Waals surface area contributed by atoms with Crippen molar-refractivity contribution in [3.05, 3.63) is 49.8 Å². The zero-order valence-corrected chi connectivity index (χ0v) is 16.6. The molecule has 0 aromatic heterocycles. The van der Waals surface area contributed by atoms with Crippen molar-refractivity contribution >= 4 is 23.0 Å². The Morgan fingerprint density at radius 3 is 2.04 bits per heavy atom. The molecule has 2 saturated heterocycles. The zero-order valence-electron chi connectivity index (χ0n) is 16.6. The molecule has 2 aliphatic heterocycles. The lowest BCUT2D eigenvalue weighted by Crippen LogP contribution is -2.48. The van der Waals surface area contributed by atoms with Gasteiger partial charge in [0.05, 0.1) is 0 Å². The molecule has 0 unspecified atom stereocenters. The number of aryl methyl sites for hydroxylation is 2. The minimum atomic E-state index is -0.361. The van der Waals surface area contributed by atoms with Crippen LogP contribution in [-0.2, 0) is 4.79 Å². The number of carbonyl (C=O) groups excluding carboxylic acids is 1. The van der Waals surface area contributed by atoms with Crippen LogP contribution in [0.25, 0.3) is 0 Å². The Kier molecular flexibility index (Phi) is 4.96. The van der Waals surface area contributed by atoms with Crippen molar-refractivity contribution in [2.75, 3.05) is 41.3 Å². The summed E-state index contributed by atoms with van der Waals surface area (Å²) in [4.78, 5) is 41.0. The summed E-state index contributed by atoms with van der Waals surface area (Å²) in [6.45, 7) is 7.06. The second kappa shape index (κ2) is 7.41. The van der Waals surface area contributed by atoms with Gasteiger partial charge in [-0.05, 0) is 62.8 Å². The topological polar surface area (TPSA) is 69.7 Å². The van der Waals surface area contributed by atoms with Crippen LogP contribution in [0.3, 0.4) is 0 Å². The molecule has 2 fully saturated rings. The van der Waals surface area contributed by atoms with Crippen LogP contribution in [0.1, 0.15) is 36.8 Å². The zero-order chi connectivity index (χ0) is 19.8. The summed E-state index contributed by atoms with van der Waals surface area (Å²) in [6, 6.07) is 5.94. The number of hydrogen-bond acceptors (Lipinski definition) is 5. The lowest BCUT2D eigenvalue weighted by molar-refractivity contribution is -0.120. The molecule has 148 valence electrons. The Hall–Kier alpha value is -2.63. The van der Waals surface area contributed by atoms with Crippen LogP contribution in [0.2, 0.25) is 0 Å². The minimum absolute atomic E-state index is 0.0349. The number of nitrogens with one attached hydrogen (secondary N) is 1. The summed E-state index contributed by atoms with van der Waals surface area (Å²) < 4.78 is 0. The molecule has 2 aromatic rings. The van der Waals surface area contributed by atoms with Crippen LogP contribution in [0.15, 0.2) is 27.8 Å². The molecular formula is C22H27N3O3. The van der Waals surface area contributed by atoms with Crippen molar-refractivity contribution in [2.24, 2.45) is 5.92 Å². The molecule has 6 heteroatoms. The first-order valence-corrected chi connectivity index (χ1v) is 10.2. The van der Waals surface area contributed by atoms with Crippen molar-refractivity contribution in [3.8, 4) is 0 Å². The third-order valence-electron chi connectivity index (χ3n) is 6.24. The van der Waals surface area contributed by atoms with E-state index in [4.69, 9.17) is 0 Å².